The zero-order valence-corrected chi connectivity index (χ0v) is 46.0. The molecule has 6 heterocycles. The molecule has 2 fully saturated rings. The molecule has 3 aliphatic rings. The van der Waals surface area contributed by atoms with E-state index < -0.39 is 115 Å². The van der Waals surface area contributed by atoms with E-state index in [2.05, 4.69) is 52.4 Å². The molecule has 0 spiro atoms. The van der Waals surface area contributed by atoms with Gasteiger partial charge in [0.15, 0.2) is 5.82 Å². The Hall–Kier alpha value is -7.41. The molecule has 3 aromatic heterocycles. The lowest BCUT2D eigenvalue weighted by Gasteiger charge is -2.35. The van der Waals surface area contributed by atoms with Gasteiger partial charge in [-0.15, -0.1) is 32.9 Å². The second-order valence-electron chi connectivity index (χ2n) is 20.3. The minimum atomic E-state index is -1.54. The largest absolute Gasteiger partial charge is 0.391 e. The van der Waals surface area contributed by atoms with Gasteiger partial charge in [0, 0.05) is 40.5 Å². The second kappa shape index (κ2) is 23.1. The third-order valence-electron chi connectivity index (χ3n) is 13.6. The summed E-state index contributed by atoms with van der Waals surface area (Å²) in [6.45, 7) is 12.0. The minimum Gasteiger partial charge on any atom is -0.391 e. The number of hydrogen-bond donors (Lipinski definition) is 8. The van der Waals surface area contributed by atoms with Crippen LogP contribution >= 0.6 is 34.3 Å². The van der Waals surface area contributed by atoms with Gasteiger partial charge in [0.2, 0.25) is 47.3 Å². The molecule has 8 rings (SSSR count). The standard InChI is InChI=1S/C52H60ClN13O9S2/c1-24-27(4)77-51-40(24)41(29-13-15-32(53)16-14-29)60-34(45-64-63-28(5)66(45)51)18-37(68)54-19-35-47(72)58-26(3)46(71)55-21-39(70)61-44(52(6,7)8)50(75)65-22-33(67)17-36(65)48(73)62-42(49(74)56-20-38(69)59-35)30-9-11-31(12-10-30)43-25(2)57-23-76-43/h9-16,23,26,33-36,42,44,67H,17-22H2,1-8H3,(H,54,68)(H,55,71)(H,56,74)(H,58,72)(H,59,69)(H,61,70)(H,62,73)/t26-,33+,34-,35+,36-,42+,44+/m0/s1. The maximum Gasteiger partial charge on any atom is 0.247 e. The SMILES string of the molecule is Cc1ncsc1-c1ccc([C@H]2NC(=O)[C@@H]3C[C@@H](O)CN3C(=O)[C@H](C(C)(C)C)NC(=O)CNC(=O)[C@H](C)NC(=O)[C@@H](CNC(=O)C[C@@H]3N=C(c4ccc(Cl)cc4)c4c(sc(C)c4C)-n4c(C)nnc43)NC(=O)CNC2=O)cc1. The molecule has 0 aliphatic carbocycles. The number of carbonyl (C=O) groups excluding carboxylic acids is 8. The van der Waals surface area contributed by atoms with Crippen molar-refractivity contribution in [3.8, 4) is 15.4 Å². The van der Waals surface area contributed by atoms with Gasteiger partial charge in [0.1, 0.15) is 47.1 Å². The highest BCUT2D eigenvalue weighted by molar-refractivity contribution is 7.15. The number of aliphatic imine (C=N–C) groups is 1. The number of nitrogens with zero attached hydrogens (tertiary/aromatic N) is 6. The van der Waals surface area contributed by atoms with Gasteiger partial charge < -0.3 is 47.2 Å². The Labute approximate surface area is 456 Å². The maximum absolute atomic E-state index is 14.3. The Bertz CT molecular complexity index is 3170. The molecular formula is C52H60ClN13O9S2. The van der Waals surface area contributed by atoms with Crippen LogP contribution in [0.1, 0.15) is 97.1 Å². The molecule has 0 radical (unpaired) electrons. The summed E-state index contributed by atoms with van der Waals surface area (Å²) in [7, 11) is 0. The number of rotatable bonds is 7. The van der Waals surface area contributed by atoms with Gasteiger partial charge in [0.25, 0.3) is 0 Å². The zero-order valence-electron chi connectivity index (χ0n) is 43.6. The predicted octanol–water partition coefficient (Wildman–Crippen LogP) is 2.32. The van der Waals surface area contributed by atoms with Gasteiger partial charge >= 0.3 is 0 Å². The predicted molar refractivity (Wildman–Crippen MR) is 287 cm³/mol. The maximum atomic E-state index is 14.3. The van der Waals surface area contributed by atoms with E-state index in [4.69, 9.17) is 16.6 Å². The lowest BCUT2D eigenvalue weighted by Crippen LogP contribution is -2.59. The van der Waals surface area contributed by atoms with Gasteiger partial charge in [0.05, 0.1) is 47.4 Å². The second-order valence-corrected chi connectivity index (χ2v) is 22.8. The topological polar surface area (TPSA) is 300 Å². The number of aromatic nitrogens is 4. The molecule has 5 aromatic rings. The summed E-state index contributed by atoms with van der Waals surface area (Å²) in [5.74, 6) is -5.33. The summed E-state index contributed by atoms with van der Waals surface area (Å²) in [6, 6.07) is 6.22. The Morgan fingerprint density at radius 1 is 0.831 bits per heavy atom. The van der Waals surface area contributed by atoms with Crippen molar-refractivity contribution in [3.63, 3.8) is 0 Å². The van der Waals surface area contributed by atoms with Crippen molar-refractivity contribution < 1.29 is 43.5 Å². The average molecular weight is 1110 g/mol. The van der Waals surface area contributed by atoms with E-state index in [0.29, 0.717) is 27.9 Å². The Balaban J connectivity index is 1.07. The lowest BCUT2D eigenvalue weighted by molar-refractivity contribution is -0.144. The highest BCUT2D eigenvalue weighted by atomic mass is 35.5. The number of aryl methyl sites for hydroxylation is 3. The third kappa shape index (κ3) is 12.4. The van der Waals surface area contributed by atoms with E-state index in [1.165, 1.54) is 18.3 Å². The monoisotopic (exact) mass is 1110 g/mol. The molecule has 2 saturated heterocycles. The van der Waals surface area contributed by atoms with Crippen molar-refractivity contribution in [2.45, 2.75) is 111 Å². The van der Waals surface area contributed by atoms with Crippen molar-refractivity contribution in [1.82, 2.24) is 61.9 Å². The average Bonchev–Trinajstić information content (AvgIpc) is 4.21. The van der Waals surface area contributed by atoms with Crippen LogP contribution in [0.15, 0.2) is 59.0 Å². The normalized spacial score (nSPS) is 23.1. The van der Waals surface area contributed by atoms with Crippen LogP contribution < -0.4 is 37.2 Å². The van der Waals surface area contributed by atoms with Crippen LogP contribution in [0.5, 0.6) is 0 Å². The third-order valence-corrected chi connectivity index (χ3v) is 16.0. The number of thiophene rings is 1. The van der Waals surface area contributed by atoms with Crippen LogP contribution in [0, 0.1) is 33.1 Å². The van der Waals surface area contributed by atoms with E-state index in [9.17, 15) is 43.5 Å². The van der Waals surface area contributed by atoms with E-state index >= 15 is 0 Å². The van der Waals surface area contributed by atoms with Crippen molar-refractivity contribution in [2.24, 2.45) is 10.4 Å². The molecule has 2 aromatic carbocycles. The van der Waals surface area contributed by atoms with Crippen LogP contribution in [0.2, 0.25) is 5.02 Å². The van der Waals surface area contributed by atoms with Crippen LogP contribution in [0.4, 0.5) is 0 Å². The van der Waals surface area contributed by atoms with Crippen LogP contribution in [0.3, 0.4) is 0 Å². The number of carbonyl (C=O) groups is 8. The smallest absolute Gasteiger partial charge is 0.247 e. The molecule has 22 nitrogen and oxygen atoms in total. The molecule has 3 aliphatic heterocycles. The molecule has 77 heavy (non-hydrogen) atoms. The summed E-state index contributed by atoms with van der Waals surface area (Å²) in [5.41, 5.74) is 5.84. The van der Waals surface area contributed by atoms with Crippen LogP contribution in [0.25, 0.3) is 15.4 Å². The van der Waals surface area contributed by atoms with Gasteiger partial charge in [-0.25, -0.2) is 4.98 Å². The number of fused-ring (bicyclic) bond motifs is 4. The number of halogens is 1. The van der Waals surface area contributed by atoms with Crippen LogP contribution in [-0.4, -0.2) is 139 Å². The van der Waals surface area contributed by atoms with Crippen molar-refractivity contribution >= 4 is 87.2 Å². The number of thiazole rings is 1. The van der Waals surface area contributed by atoms with Gasteiger partial charge in [-0.05, 0) is 68.9 Å². The van der Waals surface area contributed by atoms with Gasteiger partial charge in [-0.2, -0.15) is 0 Å². The van der Waals surface area contributed by atoms with E-state index in [1.54, 1.807) is 80.9 Å². The quantitative estimate of drug-likeness (QED) is 0.117. The van der Waals surface area contributed by atoms with E-state index in [1.807, 2.05) is 37.5 Å². The molecule has 8 N–H and O–H groups in total. The van der Waals surface area contributed by atoms with E-state index in [0.717, 1.165) is 47.6 Å². The highest BCUT2D eigenvalue weighted by Crippen LogP contribution is 2.40. The van der Waals surface area contributed by atoms with E-state index in [-0.39, 0.29) is 19.4 Å². The minimum absolute atomic E-state index is 0.190. The Morgan fingerprint density at radius 2 is 1.49 bits per heavy atom. The highest BCUT2D eigenvalue weighted by Gasteiger charge is 2.45. The zero-order chi connectivity index (χ0) is 55.6. The molecule has 0 unspecified atom stereocenters. The van der Waals surface area contributed by atoms with Crippen molar-refractivity contribution in [3.05, 3.63) is 104 Å². The summed E-state index contributed by atoms with van der Waals surface area (Å²) in [5, 5.41) is 39.2. The molecule has 0 saturated carbocycles. The molecule has 7 atom stereocenters. The first kappa shape index (κ1) is 55.8. The summed E-state index contributed by atoms with van der Waals surface area (Å²) >= 11 is 9.24. The number of amides is 8. The Kier molecular flexibility index (Phi) is 16.7. The summed E-state index contributed by atoms with van der Waals surface area (Å²) < 4.78 is 1.88. The van der Waals surface area contributed by atoms with Gasteiger partial charge in [-0.3, -0.25) is 47.9 Å². The first-order valence-electron chi connectivity index (χ1n) is 24.9. The number of hydrogen-bond acceptors (Lipinski definition) is 15. The lowest BCUT2D eigenvalue weighted by atomic mass is 9.85. The first-order valence-corrected chi connectivity index (χ1v) is 26.9. The molecule has 406 valence electrons. The molecule has 0 bridgehead atoms. The number of aliphatic hydroxyl groups is 1. The molecular weight excluding hydrogens is 1050 g/mol. The summed E-state index contributed by atoms with van der Waals surface area (Å²) in [4.78, 5) is 124. The number of benzene rings is 2. The van der Waals surface area contributed by atoms with Crippen molar-refractivity contribution in [1.29, 1.82) is 0 Å². The molecule has 25 heteroatoms. The fraction of sp³-hybridized carbons (Fsp3) is 0.423. The molecule has 8 amide bonds. The fourth-order valence-corrected chi connectivity index (χ4v) is 11.4. The van der Waals surface area contributed by atoms with Crippen molar-refractivity contribution in [2.75, 3.05) is 26.2 Å². The Morgan fingerprint density at radius 3 is 2.16 bits per heavy atom. The number of aliphatic hydroxyl groups excluding tert-OH is 1. The van der Waals surface area contributed by atoms with Crippen LogP contribution in [-0.2, 0) is 38.4 Å². The number of nitrogens with one attached hydrogen (secondary N) is 7. The summed E-state index contributed by atoms with van der Waals surface area (Å²) in [6.07, 6.45) is -1.60. The first-order chi connectivity index (χ1) is 36.5. The van der Waals surface area contributed by atoms with Gasteiger partial charge in [-0.1, -0.05) is 68.8 Å². The fourth-order valence-electron chi connectivity index (χ4n) is 9.30.